The first kappa shape index (κ1) is 11.6. The summed E-state index contributed by atoms with van der Waals surface area (Å²) < 4.78 is 9.71. The molecule has 0 spiro atoms. The number of ether oxygens (including phenoxy) is 1. The molecule has 0 bridgehead atoms. The van der Waals surface area contributed by atoms with Gasteiger partial charge in [-0.2, -0.15) is 0 Å². The van der Waals surface area contributed by atoms with E-state index in [0.717, 1.165) is 12.8 Å². The van der Waals surface area contributed by atoms with Crippen LogP contribution in [0.1, 0.15) is 26.7 Å². The third-order valence-electron chi connectivity index (χ3n) is 1.89. The van der Waals surface area contributed by atoms with Gasteiger partial charge in [0.2, 0.25) is 10.5 Å². The minimum atomic E-state index is -0.347. The second-order valence-corrected chi connectivity index (χ2v) is 3.88. The van der Waals surface area contributed by atoms with Crippen LogP contribution in [0.2, 0.25) is 0 Å². The molecule has 3 nitrogen and oxygen atoms in total. The fourth-order valence-corrected chi connectivity index (χ4v) is 1.59. The van der Waals surface area contributed by atoms with E-state index >= 15 is 0 Å². The van der Waals surface area contributed by atoms with Gasteiger partial charge in [-0.05, 0) is 26.7 Å². The minimum Gasteiger partial charge on any atom is -0.528 e. The van der Waals surface area contributed by atoms with E-state index in [1.54, 1.807) is 7.11 Å². The van der Waals surface area contributed by atoms with Crippen LogP contribution in [0.3, 0.4) is 0 Å². The summed E-state index contributed by atoms with van der Waals surface area (Å²) in [4.78, 5) is 11.2. The first-order valence-electron chi connectivity index (χ1n) is 4.12. The van der Waals surface area contributed by atoms with E-state index < -0.39 is 0 Å². The quantitative estimate of drug-likeness (QED) is 0.461. The number of methoxy groups -OCH3 is 1. The molecule has 0 atom stereocenters. The smallest absolute Gasteiger partial charge is 0.297 e. The van der Waals surface area contributed by atoms with E-state index in [4.69, 9.17) is 9.16 Å². The van der Waals surface area contributed by atoms with Crippen LogP contribution < -0.4 is 0 Å². The predicted molar refractivity (Wildman–Crippen MR) is 50.9 cm³/mol. The molecule has 0 aromatic rings. The van der Waals surface area contributed by atoms with Crippen molar-refractivity contribution in [2.75, 3.05) is 13.7 Å². The monoisotopic (exact) mass is 190 g/mol. The molecule has 0 amide bonds. The van der Waals surface area contributed by atoms with E-state index in [2.05, 4.69) is 0 Å². The lowest BCUT2D eigenvalue weighted by Crippen LogP contribution is -2.26. The molecule has 72 valence electrons. The van der Waals surface area contributed by atoms with Gasteiger partial charge in [0.05, 0.1) is 5.41 Å². The number of carbonyl (C=O) groups is 1. The Morgan fingerprint density at radius 2 is 2.08 bits per heavy atom. The molecule has 4 heteroatoms. The van der Waals surface area contributed by atoms with Crippen molar-refractivity contribution in [3.63, 3.8) is 0 Å². The van der Waals surface area contributed by atoms with Crippen molar-refractivity contribution < 1.29 is 14.0 Å². The topological polar surface area (TPSA) is 35.5 Å². The Balaban J connectivity index is 3.78. The second-order valence-electron chi connectivity index (χ2n) is 3.47. The number of rotatable bonds is 5. The van der Waals surface area contributed by atoms with E-state index in [1.807, 2.05) is 13.8 Å². The predicted octanol–water partition coefficient (Wildman–Crippen LogP) is 0.263. The highest BCUT2D eigenvalue weighted by Crippen LogP contribution is 2.23. The van der Waals surface area contributed by atoms with E-state index in [1.165, 1.54) is 0 Å². The van der Waals surface area contributed by atoms with Crippen molar-refractivity contribution in [2.24, 2.45) is 5.41 Å². The minimum absolute atomic E-state index is 0.0923. The summed E-state index contributed by atoms with van der Waals surface area (Å²) in [6.45, 7) is 4.52. The molecule has 0 aromatic heterocycles. The molecule has 12 heavy (non-hydrogen) atoms. The zero-order valence-corrected chi connectivity index (χ0v) is 10.3. The zero-order valence-electron chi connectivity index (χ0n) is 8.35. The van der Waals surface area contributed by atoms with E-state index in [0.29, 0.717) is 17.1 Å². The summed E-state index contributed by atoms with van der Waals surface area (Å²) in [7, 11) is 2.15. The molecular weight excluding hydrogens is 172 g/mol. The third kappa shape index (κ3) is 3.87. The average molecular weight is 190 g/mol. The SMILES string of the molecule is COCCCC(C)(C)C(=O)O[SiH3]. The fraction of sp³-hybridized carbons (Fsp3) is 0.875. The summed E-state index contributed by atoms with van der Waals surface area (Å²) in [5.41, 5.74) is -0.347. The molecule has 0 rings (SSSR count). The van der Waals surface area contributed by atoms with Crippen LogP contribution in [0.15, 0.2) is 0 Å². The van der Waals surface area contributed by atoms with Crippen molar-refractivity contribution in [3.05, 3.63) is 0 Å². The van der Waals surface area contributed by atoms with Gasteiger partial charge in [0.25, 0.3) is 5.97 Å². The lowest BCUT2D eigenvalue weighted by molar-refractivity contribution is -0.144. The summed E-state index contributed by atoms with van der Waals surface area (Å²) in [5, 5.41) is 0. The molecule has 0 fully saturated rings. The Bertz CT molecular complexity index is 145. The van der Waals surface area contributed by atoms with Gasteiger partial charge in [0, 0.05) is 13.7 Å². The lowest BCUT2D eigenvalue weighted by Gasteiger charge is -2.21. The van der Waals surface area contributed by atoms with Gasteiger partial charge in [-0.25, -0.2) is 0 Å². The van der Waals surface area contributed by atoms with Crippen molar-refractivity contribution in [3.8, 4) is 0 Å². The zero-order chi connectivity index (χ0) is 9.61. The third-order valence-corrected chi connectivity index (χ3v) is 2.26. The summed E-state index contributed by atoms with van der Waals surface area (Å²) >= 11 is 0. The van der Waals surface area contributed by atoms with Gasteiger partial charge in [0.1, 0.15) is 0 Å². The molecule has 0 heterocycles. The van der Waals surface area contributed by atoms with E-state index in [9.17, 15) is 4.79 Å². The summed E-state index contributed by atoms with van der Waals surface area (Å²) in [6.07, 6.45) is 1.72. The lowest BCUT2D eigenvalue weighted by atomic mass is 9.88. The maximum Gasteiger partial charge on any atom is 0.297 e. The molecule has 0 saturated carbocycles. The summed E-state index contributed by atoms with van der Waals surface area (Å²) in [6, 6.07) is 0. The van der Waals surface area contributed by atoms with Crippen LogP contribution in [0.25, 0.3) is 0 Å². The highest BCUT2D eigenvalue weighted by atomic mass is 28.2. The first-order valence-corrected chi connectivity index (χ1v) is 4.93. The van der Waals surface area contributed by atoms with E-state index in [-0.39, 0.29) is 11.4 Å². The van der Waals surface area contributed by atoms with Crippen molar-refractivity contribution in [2.45, 2.75) is 26.7 Å². The maximum atomic E-state index is 11.2. The highest BCUT2D eigenvalue weighted by molar-refractivity contribution is 6.06. The van der Waals surface area contributed by atoms with Crippen LogP contribution in [-0.4, -0.2) is 30.2 Å². The number of hydrogen-bond donors (Lipinski definition) is 0. The Labute approximate surface area is 77.0 Å². The van der Waals surface area contributed by atoms with Crippen molar-refractivity contribution >= 4 is 16.5 Å². The van der Waals surface area contributed by atoms with Crippen LogP contribution in [0.4, 0.5) is 0 Å². The molecule has 0 unspecified atom stereocenters. The molecule has 0 aromatic carbocycles. The Morgan fingerprint density at radius 3 is 2.50 bits per heavy atom. The van der Waals surface area contributed by atoms with Gasteiger partial charge < -0.3 is 9.16 Å². The Hall–Kier alpha value is -0.353. The Morgan fingerprint density at radius 1 is 1.50 bits per heavy atom. The number of hydrogen-bond acceptors (Lipinski definition) is 3. The Kier molecular flexibility index (Phi) is 5.16. The van der Waals surface area contributed by atoms with Gasteiger partial charge in [-0.3, -0.25) is 4.79 Å². The second kappa shape index (κ2) is 5.32. The van der Waals surface area contributed by atoms with Crippen LogP contribution >= 0.6 is 0 Å². The van der Waals surface area contributed by atoms with Crippen molar-refractivity contribution in [1.29, 1.82) is 0 Å². The van der Waals surface area contributed by atoms with Gasteiger partial charge >= 0.3 is 0 Å². The molecule has 0 aliphatic heterocycles. The molecule has 0 aliphatic carbocycles. The van der Waals surface area contributed by atoms with Crippen LogP contribution in [0, 0.1) is 5.41 Å². The number of carbonyl (C=O) groups excluding carboxylic acids is 1. The van der Waals surface area contributed by atoms with Crippen LogP contribution in [-0.2, 0) is 14.0 Å². The average Bonchev–Trinajstić information content (AvgIpc) is 2.03. The molecular formula is C8H18O3Si. The highest BCUT2D eigenvalue weighted by Gasteiger charge is 2.27. The maximum absolute atomic E-state index is 11.2. The fourth-order valence-electron chi connectivity index (χ4n) is 1.04. The van der Waals surface area contributed by atoms with Crippen LogP contribution in [0.5, 0.6) is 0 Å². The molecule has 0 N–H and O–H groups in total. The molecule has 0 saturated heterocycles. The molecule has 0 aliphatic rings. The normalized spacial score (nSPS) is 11.6. The standard InChI is InChI=1S/C8H18O3Si/c1-8(2,7(9)11-12)5-4-6-10-3/h4-6H2,1-3,12H3. The van der Waals surface area contributed by atoms with Crippen molar-refractivity contribution in [1.82, 2.24) is 0 Å². The largest absolute Gasteiger partial charge is 0.528 e. The molecule has 0 radical (unpaired) electrons. The van der Waals surface area contributed by atoms with Gasteiger partial charge in [-0.1, -0.05) is 0 Å². The van der Waals surface area contributed by atoms with Gasteiger partial charge in [0.15, 0.2) is 0 Å². The first-order chi connectivity index (χ1) is 5.54. The van der Waals surface area contributed by atoms with Gasteiger partial charge in [-0.15, -0.1) is 0 Å². The summed E-state index contributed by atoms with van der Waals surface area (Å²) in [5.74, 6) is -0.0923.